The molecule has 0 aromatic heterocycles. The molecule has 3 aromatic carbocycles. The first-order valence-electron chi connectivity index (χ1n) is 13.3. The van der Waals surface area contributed by atoms with Crippen LogP contribution in [0.1, 0.15) is 42.0 Å². The van der Waals surface area contributed by atoms with Crippen molar-refractivity contribution in [3.8, 4) is 28.7 Å². The smallest absolute Gasteiger partial charge is 0.508 e. The van der Waals surface area contributed by atoms with E-state index < -0.39 is 23.9 Å². The number of alkyl halides is 2. The number of rotatable bonds is 8. The first kappa shape index (κ1) is 26.7. The summed E-state index contributed by atoms with van der Waals surface area (Å²) in [7, 11) is 1.52. The maximum Gasteiger partial charge on any atom is 0.586 e. The third kappa shape index (κ3) is 5.31. The number of ether oxygens (including phenoxy) is 4. The fraction of sp³-hybridized carbons (Fsp3) is 0.333. The molecule has 1 fully saturated rings. The van der Waals surface area contributed by atoms with Gasteiger partial charge in [-0.2, -0.15) is 0 Å². The molecule has 6 rings (SSSR count). The summed E-state index contributed by atoms with van der Waals surface area (Å²) in [5.74, 6) is 0.299. The van der Waals surface area contributed by atoms with Crippen LogP contribution in [0.2, 0.25) is 0 Å². The van der Waals surface area contributed by atoms with Gasteiger partial charge in [0.1, 0.15) is 17.2 Å². The topological polar surface area (TPSA) is 115 Å². The van der Waals surface area contributed by atoms with Crippen LogP contribution >= 0.6 is 0 Å². The summed E-state index contributed by atoms with van der Waals surface area (Å²) in [4.78, 5) is 26.8. The lowest BCUT2D eigenvalue weighted by molar-refractivity contribution is -0.286. The molecule has 2 atom stereocenters. The second kappa shape index (κ2) is 10.1. The first-order chi connectivity index (χ1) is 19.7. The minimum absolute atomic E-state index is 0.0832. The van der Waals surface area contributed by atoms with E-state index in [2.05, 4.69) is 20.1 Å². The van der Waals surface area contributed by atoms with Gasteiger partial charge in [0.2, 0.25) is 5.91 Å². The summed E-state index contributed by atoms with van der Waals surface area (Å²) >= 11 is 0. The highest BCUT2D eigenvalue weighted by Gasteiger charge is 2.53. The van der Waals surface area contributed by atoms with Gasteiger partial charge in [0.15, 0.2) is 17.6 Å². The molecule has 9 nitrogen and oxygen atoms in total. The molecular formula is C30H28F2N2O7. The lowest BCUT2D eigenvalue weighted by atomic mass is 9.91. The van der Waals surface area contributed by atoms with Gasteiger partial charge in [-0.25, -0.2) is 0 Å². The monoisotopic (exact) mass is 566 g/mol. The molecule has 3 N–H and O–H groups in total. The highest BCUT2D eigenvalue weighted by Crippen LogP contribution is 2.52. The number of methoxy groups -OCH3 is 1. The lowest BCUT2D eigenvalue weighted by Crippen LogP contribution is -2.46. The number of phenols is 1. The SMILES string of the molecule is COc1ccc2c(c1)OC(C(=O)NCCc1cccc(O)c1)CC2NC(=O)C1(c2ccc3c(c2)OC(F)(F)O3)CC1. The summed E-state index contributed by atoms with van der Waals surface area (Å²) in [6.45, 7) is 0.330. The van der Waals surface area contributed by atoms with E-state index in [-0.39, 0.29) is 35.5 Å². The van der Waals surface area contributed by atoms with E-state index in [9.17, 15) is 23.5 Å². The number of hydrogen-bond acceptors (Lipinski definition) is 7. The second-order valence-electron chi connectivity index (χ2n) is 10.4. The van der Waals surface area contributed by atoms with E-state index in [4.69, 9.17) is 9.47 Å². The fourth-order valence-electron chi connectivity index (χ4n) is 5.34. The molecule has 0 spiro atoms. The Kier molecular flexibility index (Phi) is 6.59. The van der Waals surface area contributed by atoms with E-state index in [1.54, 1.807) is 42.5 Å². The molecule has 1 aliphatic carbocycles. The molecule has 2 heterocycles. The molecular weight excluding hydrogens is 538 g/mol. The minimum Gasteiger partial charge on any atom is -0.508 e. The normalized spacial score (nSPS) is 20.8. The summed E-state index contributed by atoms with van der Waals surface area (Å²) in [5, 5.41) is 15.6. The molecule has 3 aromatic rings. The molecule has 41 heavy (non-hydrogen) atoms. The van der Waals surface area contributed by atoms with Gasteiger partial charge in [-0.3, -0.25) is 9.59 Å². The Morgan fingerprint density at radius 2 is 1.83 bits per heavy atom. The molecule has 11 heteroatoms. The summed E-state index contributed by atoms with van der Waals surface area (Å²) in [5.41, 5.74) is 1.22. The Labute approximate surface area is 234 Å². The van der Waals surface area contributed by atoms with Crippen LogP contribution in [0, 0.1) is 0 Å². The molecule has 2 aliphatic heterocycles. The number of hydrogen-bond donors (Lipinski definition) is 3. The van der Waals surface area contributed by atoms with Crippen molar-refractivity contribution in [3.05, 3.63) is 77.4 Å². The van der Waals surface area contributed by atoms with Gasteiger partial charge in [-0.15, -0.1) is 8.78 Å². The van der Waals surface area contributed by atoms with Crippen molar-refractivity contribution in [2.45, 2.75) is 49.5 Å². The highest BCUT2D eigenvalue weighted by atomic mass is 19.3. The Balaban J connectivity index is 1.18. The Hall–Kier alpha value is -4.54. The predicted molar refractivity (Wildman–Crippen MR) is 141 cm³/mol. The summed E-state index contributed by atoms with van der Waals surface area (Å²) in [6, 6.07) is 15.9. The Morgan fingerprint density at radius 1 is 1.02 bits per heavy atom. The molecule has 0 bridgehead atoms. The summed E-state index contributed by atoms with van der Waals surface area (Å²) in [6.07, 6.45) is -2.86. The molecule has 214 valence electrons. The van der Waals surface area contributed by atoms with Crippen molar-refractivity contribution in [2.24, 2.45) is 0 Å². The van der Waals surface area contributed by atoms with Gasteiger partial charge in [0, 0.05) is 24.6 Å². The van der Waals surface area contributed by atoms with Crippen molar-refractivity contribution >= 4 is 11.8 Å². The van der Waals surface area contributed by atoms with Crippen LogP contribution < -0.4 is 29.6 Å². The summed E-state index contributed by atoms with van der Waals surface area (Å²) < 4.78 is 47.5. The van der Waals surface area contributed by atoms with Crippen LogP contribution in [0.3, 0.4) is 0 Å². The van der Waals surface area contributed by atoms with Gasteiger partial charge in [-0.1, -0.05) is 18.2 Å². The van der Waals surface area contributed by atoms with Crippen LogP contribution in [0.5, 0.6) is 28.7 Å². The number of fused-ring (bicyclic) bond motifs is 2. The quantitative estimate of drug-likeness (QED) is 0.376. The maximum atomic E-state index is 13.7. The van der Waals surface area contributed by atoms with Crippen molar-refractivity contribution in [3.63, 3.8) is 0 Å². The number of carbonyl (C=O) groups excluding carboxylic acids is 2. The van der Waals surface area contributed by atoms with Gasteiger partial charge in [0.05, 0.1) is 18.6 Å². The Morgan fingerprint density at radius 3 is 2.59 bits per heavy atom. The van der Waals surface area contributed by atoms with Crippen LogP contribution in [0.15, 0.2) is 60.7 Å². The van der Waals surface area contributed by atoms with Crippen LogP contribution in [0.4, 0.5) is 8.78 Å². The predicted octanol–water partition coefficient (Wildman–Crippen LogP) is 4.12. The highest BCUT2D eigenvalue weighted by molar-refractivity contribution is 5.92. The molecule has 2 unspecified atom stereocenters. The third-order valence-electron chi connectivity index (χ3n) is 7.67. The van der Waals surface area contributed by atoms with E-state index in [0.717, 1.165) is 5.56 Å². The number of phenolic OH excluding ortho intramolecular Hbond substituents is 1. The standard InChI is InChI=1S/C30H28F2N2O7/c1-38-20-6-7-21-22(16-26(39-24(21)15-20)27(36)33-12-9-17-3-2-4-19(35)13-17)34-28(37)29(10-11-29)18-5-8-23-25(14-18)41-30(31,32)40-23/h2-8,13-15,22,26,35H,9-12,16H2,1H3,(H,33,36)(H,34,37). The van der Waals surface area contributed by atoms with Gasteiger partial charge < -0.3 is 34.7 Å². The molecule has 0 radical (unpaired) electrons. The van der Waals surface area contributed by atoms with E-state index in [1.807, 2.05) is 6.07 Å². The number of carbonyl (C=O) groups is 2. The van der Waals surface area contributed by atoms with Crippen LogP contribution in [-0.2, 0) is 21.4 Å². The van der Waals surface area contributed by atoms with E-state index in [1.165, 1.54) is 19.2 Å². The number of aromatic hydroxyl groups is 1. The van der Waals surface area contributed by atoms with Crippen LogP contribution in [-0.4, -0.2) is 43.0 Å². The average molecular weight is 567 g/mol. The van der Waals surface area contributed by atoms with Crippen molar-refractivity contribution < 1.29 is 42.4 Å². The Bertz CT molecular complexity index is 1510. The fourth-order valence-corrected chi connectivity index (χ4v) is 5.34. The number of amides is 2. The van der Waals surface area contributed by atoms with E-state index in [0.29, 0.717) is 48.4 Å². The molecule has 0 saturated heterocycles. The number of halogens is 2. The zero-order chi connectivity index (χ0) is 28.8. The average Bonchev–Trinajstić information content (AvgIpc) is 3.69. The largest absolute Gasteiger partial charge is 0.586 e. The number of nitrogens with one attached hydrogen (secondary N) is 2. The molecule has 2 amide bonds. The van der Waals surface area contributed by atoms with Crippen molar-refractivity contribution in [1.29, 1.82) is 0 Å². The van der Waals surface area contributed by atoms with Gasteiger partial charge in [0.25, 0.3) is 5.91 Å². The van der Waals surface area contributed by atoms with Crippen molar-refractivity contribution in [1.82, 2.24) is 10.6 Å². The second-order valence-corrected chi connectivity index (χ2v) is 10.4. The van der Waals surface area contributed by atoms with Crippen LogP contribution in [0.25, 0.3) is 0 Å². The number of benzene rings is 3. The van der Waals surface area contributed by atoms with Gasteiger partial charge >= 0.3 is 6.29 Å². The zero-order valence-electron chi connectivity index (χ0n) is 22.1. The van der Waals surface area contributed by atoms with Gasteiger partial charge in [-0.05, 0) is 66.8 Å². The minimum atomic E-state index is -3.74. The first-order valence-corrected chi connectivity index (χ1v) is 13.3. The molecule has 3 aliphatic rings. The van der Waals surface area contributed by atoms with Crippen molar-refractivity contribution in [2.75, 3.05) is 13.7 Å². The maximum absolute atomic E-state index is 13.7. The zero-order valence-corrected chi connectivity index (χ0v) is 22.1. The molecule has 1 saturated carbocycles. The lowest BCUT2D eigenvalue weighted by Gasteiger charge is -2.33. The van der Waals surface area contributed by atoms with E-state index >= 15 is 0 Å². The third-order valence-corrected chi connectivity index (χ3v) is 7.67.